The zero-order chi connectivity index (χ0) is 14.9. The van der Waals surface area contributed by atoms with Crippen molar-refractivity contribution in [2.24, 2.45) is 5.41 Å². The minimum absolute atomic E-state index is 0.281. The van der Waals surface area contributed by atoms with E-state index in [1.165, 1.54) is 16.7 Å². The first-order valence-electron chi connectivity index (χ1n) is 7.44. The van der Waals surface area contributed by atoms with Crippen molar-refractivity contribution in [1.29, 1.82) is 0 Å². The molecule has 0 aliphatic carbocycles. The van der Waals surface area contributed by atoms with Crippen LogP contribution < -0.4 is 0 Å². The van der Waals surface area contributed by atoms with E-state index in [4.69, 9.17) is 0 Å². The number of hydrogen-bond donors (Lipinski definition) is 1. The van der Waals surface area contributed by atoms with E-state index in [1.807, 2.05) is 6.92 Å². The maximum absolute atomic E-state index is 11.5. The molecule has 3 heteroatoms. The Balaban J connectivity index is 2.19. The molecule has 1 N–H and O–H groups in total. The maximum Gasteiger partial charge on any atom is 0.310 e. The Morgan fingerprint density at radius 1 is 1.45 bits per heavy atom. The van der Waals surface area contributed by atoms with Crippen LogP contribution in [0.4, 0.5) is 0 Å². The quantitative estimate of drug-likeness (QED) is 0.913. The van der Waals surface area contributed by atoms with Gasteiger partial charge in [-0.1, -0.05) is 30.7 Å². The third-order valence-corrected chi connectivity index (χ3v) is 4.94. The van der Waals surface area contributed by atoms with Gasteiger partial charge in [0.2, 0.25) is 0 Å². The molecule has 0 amide bonds. The van der Waals surface area contributed by atoms with Crippen LogP contribution in [0.3, 0.4) is 0 Å². The standard InChI is InChI=1S/C17H25NO2/c1-5-17(16(19)20)8-9-18(11-17)14(4)15-7-6-12(2)10-13(15)3/h6-7,10,14H,5,8-9,11H2,1-4H3,(H,19,20). The highest BCUT2D eigenvalue weighted by Crippen LogP contribution is 2.38. The highest BCUT2D eigenvalue weighted by molar-refractivity contribution is 5.75. The third-order valence-electron chi connectivity index (χ3n) is 4.94. The van der Waals surface area contributed by atoms with Crippen molar-refractivity contribution in [3.8, 4) is 0 Å². The molecular weight excluding hydrogens is 250 g/mol. The number of likely N-dealkylation sites (tertiary alicyclic amines) is 1. The molecule has 3 nitrogen and oxygen atoms in total. The number of carboxylic acids is 1. The van der Waals surface area contributed by atoms with Crippen LogP contribution in [-0.4, -0.2) is 29.1 Å². The van der Waals surface area contributed by atoms with Gasteiger partial charge in [-0.15, -0.1) is 0 Å². The van der Waals surface area contributed by atoms with E-state index in [0.717, 1.165) is 13.0 Å². The fourth-order valence-corrected chi connectivity index (χ4v) is 3.34. The average Bonchev–Trinajstić information content (AvgIpc) is 2.83. The van der Waals surface area contributed by atoms with Crippen molar-refractivity contribution >= 4 is 5.97 Å². The van der Waals surface area contributed by atoms with Gasteiger partial charge < -0.3 is 5.11 Å². The van der Waals surface area contributed by atoms with Crippen LogP contribution in [0.25, 0.3) is 0 Å². The summed E-state index contributed by atoms with van der Waals surface area (Å²) in [6, 6.07) is 6.80. The van der Waals surface area contributed by atoms with Crippen molar-refractivity contribution in [2.75, 3.05) is 13.1 Å². The lowest BCUT2D eigenvalue weighted by atomic mass is 9.84. The van der Waals surface area contributed by atoms with Crippen LogP contribution in [-0.2, 0) is 4.79 Å². The van der Waals surface area contributed by atoms with Crippen LogP contribution in [0.2, 0.25) is 0 Å². The summed E-state index contributed by atoms with van der Waals surface area (Å²) < 4.78 is 0. The molecule has 1 aromatic carbocycles. The monoisotopic (exact) mass is 275 g/mol. The topological polar surface area (TPSA) is 40.5 Å². The van der Waals surface area contributed by atoms with E-state index < -0.39 is 11.4 Å². The zero-order valence-corrected chi connectivity index (χ0v) is 12.9. The second-order valence-corrected chi connectivity index (χ2v) is 6.20. The Morgan fingerprint density at radius 3 is 2.65 bits per heavy atom. The van der Waals surface area contributed by atoms with Crippen LogP contribution in [0.5, 0.6) is 0 Å². The van der Waals surface area contributed by atoms with Crippen LogP contribution in [0.15, 0.2) is 18.2 Å². The number of carboxylic acid groups (broad SMARTS) is 1. The van der Waals surface area contributed by atoms with Gasteiger partial charge in [0.05, 0.1) is 5.41 Å². The third kappa shape index (κ3) is 2.59. The van der Waals surface area contributed by atoms with E-state index >= 15 is 0 Å². The zero-order valence-electron chi connectivity index (χ0n) is 12.9. The van der Waals surface area contributed by atoms with E-state index in [1.54, 1.807) is 0 Å². The van der Waals surface area contributed by atoms with Gasteiger partial charge in [0.1, 0.15) is 0 Å². The van der Waals surface area contributed by atoms with Crippen molar-refractivity contribution < 1.29 is 9.90 Å². The van der Waals surface area contributed by atoms with Crippen LogP contribution in [0, 0.1) is 19.3 Å². The van der Waals surface area contributed by atoms with Gasteiger partial charge in [0.15, 0.2) is 0 Å². The van der Waals surface area contributed by atoms with Gasteiger partial charge in [-0.2, -0.15) is 0 Å². The SMILES string of the molecule is CCC1(C(=O)O)CCN(C(C)c2ccc(C)cc2C)C1. The Morgan fingerprint density at radius 2 is 2.15 bits per heavy atom. The summed E-state index contributed by atoms with van der Waals surface area (Å²) in [5.74, 6) is -0.643. The summed E-state index contributed by atoms with van der Waals surface area (Å²) in [6.07, 6.45) is 1.46. The normalized spacial score (nSPS) is 24.8. The summed E-state index contributed by atoms with van der Waals surface area (Å²) in [5, 5.41) is 9.50. The first kappa shape index (κ1) is 15.0. The number of carbonyl (C=O) groups is 1. The first-order chi connectivity index (χ1) is 9.39. The van der Waals surface area contributed by atoms with Gasteiger partial charge in [0.25, 0.3) is 0 Å². The Hall–Kier alpha value is -1.35. The number of nitrogens with zero attached hydrogens (tertiary/aromatic N) is 1. The van der Waals surface area contributed by atoms with E-state index in [2.05, 4.69) is 43.9 Å². The lowest BCUT2D eigenvalue weighted by molar-refractivity contribution is -0.148. The highest BCUT2D eigenvalue weighted by Gasteiger charge is 2.44. The molecular formula is C17H25NO2. The molecule has 0 saturated carbocycles. The number of aliphatic carboxylic acids is 1. The molecule has 0 radical (unpaired) electrons. The molecule has 110 valence electrons. The molecule has 20 heavy (non-hydrogen) atoms. The molecule has 0 bridgehead atoms. The van der Waals surface area contributed by atoms with Crippen molar-refractivity contribution in [3.63, 3.8) is 0 Å². The van der Waals surface area contributed by atoms with Gasteiger partial charge in [-0.05, 0) is 51.3 Å². The summed E-state index contributed by atoms with van der Waals surface area (Å²) in [7, 11) is 0. The number of hydrogen-bond acceptors (Lipinski definition) is 2. The minimum Gasteiger partial charge on any atom is -0.481 e. The Bertz CT molecular complexity index is 512. The van der Waals surface area contributed by atoms with E-state index in [-0.39, 0.29) is 6.04 Å². The summed E-state index contributed by atoms with van der Waals surface area (Å²) in [4.78, 5) is 13.9. The van der Waals surface area contributed by atoms with Crippen LogP contribution >= 0.6 is 0 Å². The van der Waals surface area contributed by atoms with Crippen LogP contribution in [0.1, 0.15) is 49.4 Å². The lowest BCUT2D eigenvalue weighted by Crippen LogP contribution is -2.35. The van der Waals surface area contributed by atoms with Crippen molar-refractivity contribution in [3.05, 3.63) is 34.9 Å². The lowest BCUT2D eigenvalue weighted by Gasteiger charge is -2.28. The highest BCUT2D eigenvalue weighted by atomic mass is 16.4. The van der Waals surface area contributed by atoms with Gasteiger partial charge in [-0.25, -0.2) is 0 Å². The van der Waals surface area contributed by atoms with Gasteiger partial charge in [-0.3, -0.25) is 9.69 Å². The first-order valence-corrected chi connectivity index (χ1v) is 7.44. The summed E-state index contributed by atoms with van der Waals surface area (Å²) in [5.41, 5.74) is 3.33. The maximum atomic E-state index is 11.5. The molecule has 1 fully saturated rings. The molecule has 1 aliphatic rings. The molecule has 1 aliphatic heterocycles. The van der Waals surface area contributed by atoms with E-state index in [9.17, 15) is 9.90 Å². The second-order valence-electron chi connectivity index (χ2n) is 6.20. The van der Waals surface area contributed by atoms with Gasteiger partial charge in [0, 0.05) is 12.6 Å². The molecule has 0 aromatic heterocycles. The van der Waals surface area contributed by atoms with Crippen molar-refractivity contribution in [2.45, 2.75) is 46.6 Å². The molecule has 0 spiro atoms. The summed E-state index contributed by atoms with van der Waals surface area (Å²) in [6.45, 7) is 9.94. The number of aryl methyl sites for hydroxylation is 2. The summed E-state index contributed by atoms with van der Waals surface area (Å²) >= 11 is 0. The predicted molar refractivity (Wildman–Crippen MR) is 80.9 cm³/mol. The Labute approximate surface area is 121 Å². The van der Waals surface area contributed by atoms with Gasteiger partial charge >= 0.3 is 5.97 Å². The minimum atomic E-state index is -0.643. The molecule has 1 saturated heterocycles. The second kappa shape index (κ2) is 5.57. The fraction of sp³-hybridized carbons (Fsp3) is 0.588. The molecule has 2 rings (SSSR count). The molecule has 2 atom stereocenters. The average molecular weight is 275 g/mol. The largest absolute Gasteiger partial charge is 0.481 e. The molecule has 1 aromatic rings. The molecule has 2 unspecified atom stereocenters. The predicted octanol–water partition coefficient (Wildman–Crippen LogP) is 3.55. The fourth-order valence-electron chi connectivity index (χ4n) is 3.34. The smallest absolute Gasteiger partial charge is 0.310 e. The van der Waals surface area contributed by atoms with E-state index in [0.29, 0.717) is 13.0 Å². The number of rotatable bonds is 4. The Kier molecular flexibility index (Phi) is 4.19. The number of benzene rings is 1. The molecule has 1 heterocycles. The van der Waals surface area contributed by atoms with Crippen molar-refractivity contribution in [1.82, 2.24) is 4.90 Å².